The number of nitrogens with one attached hydrogen (secondary N) is 2. The van der Waals surface area contributed by atoms with Crippen LogP contribution in [0.15, 0.2) is 24.3 Å². The number of ether oxygens (including phenoxy) is 1. The van der Waals surface area contributed by atoms with Gasteiger partial charge in [-0.05, 0) is 24.5 Å². The molecule has 0 bridgehead atoms. The van der Waals surface area contributed by atoms with E-state index in [4.69, 9.17) is 4.74 Å². The van der Waals surface area contributed by atoms with Gasteiger partial charge in [-0.2, -0.15) is 5.10 Å². The number of para-hydroxylation sites is 1. The van der Waals surface area contributed by atoms with Gasteiger partial charge >= 0.3 is 5.97 Å². The minimum Gasteiger partial charge on any atom is -0.464 e. The van der Waals surface area contributed by atoms with Crippen molar-refractivity contribution in [1.82, 2.24) is 15.2 Å². The summed E-state index contributed by atoms with van der Waals surface area (Å²) >= 11 is 1.26. The van der Waals surface area contributed by atoms with Gasteiger partial charge in [-0.15, -0.1) is 11.3 Å². The maximum absolute atomic E-state index is 12.9. The molecule has 1 saturated heterocycles. The van der Waals surface area contributed by atoms with Crippen molar-refractivity contribution in [2.45, 2.75) is 26.7 Å². The summed E-state index contributed by atoms with van der Waals surface area (Å²) in [7, 11) is 1.30. The lowest BCUT2D eigenvalue weighted by Crippen LogP contribution is -2.28. The third-order valence-corrected chi connectivity index (χ3v) is 6.09. The lowest BCUT2D eigenvalue weighted by atomic mass is 10.1. The molecule has 1 atom stereocenters. The van der Waals surface area contributed by atoms with Gasteiger partial charge in [0.15, 0.2) is 16.6 Å². The van der Waals surface area contributed by atoms with Gasteiger partial charge in [0.2, 0.25) is 11.8 Å². The zero-order valence-electron chi connectivity index (χ0n) is 17.5. The quantitative estimate of drug-likeness (QED) is 0.568. The Morgan fingerprint density at radius 1 is 1.35 bits per heavy atom. The fraction of sp³-hybridized carbons (Fsp3) is 0.381. The van der Waals surface area contributed by atoms with E-state index in [0.717, 1.165) is 15.8 Å². The first-order valence-electron chi connectivity index (χ1n) is 9.99. The van der Waals surface area contributed by atoms with Crippen molar-refractivity contribution in [3.63, 3.8) is 0 Å². The number of nitrogens with zero attached hydrogens (tertiary/aromatic N) is 3. The van der Waals surface area contributed by atoms with Crippen molar-refractivity contribution >= 4 is 51.0 Å². The van der Waals surface area contributed by atoms with Gasteiger partial charge in [0.25, 0.3) is 0 Å². The van der Waals surface area contributed by atoms with E-state index >= 15 is 0 Å². The minimum absolute atomic E-state index is 0.0844. The van der Waals surface area contributed by atoms with Crippen LogP contribution >= 0.6 is 11.3 Å². The summed E-state index contributed by atoms with van der Waals surface area (Å²) in [5.74, 6) is -0.694. The number of thiazole rings is 1. The molecule has 0 aliphatic carbocycles. The Kier molecular flexibility index (Phi) is 5.73. The van der Waals surface area contributed by atoms with E-state index in [9.17, 15) is 14.4 Å². The van der Waals surface area contributed by atoms with E-state index < -0.39 is 11.9 Å². The molecular weight excluding hydrogens is 418 g/mol. The van der Waals surface area contributed by atoms with E-state index in [1.165, 1.54) is 23.3 Å². The van der Waals surface area contributed by atoms with Crippen molar-refractivity contribution in [1.29, 1.82) is 0 Å². The first kappa shape index (κ1) is 21.0. The van der Waals surface area contributed by atoms with Crippen LogP contribution in [0, 0.1) is 11.8 Å². The van der Waals surface area contributed by atoms with Crippen molar-refractivity contribution in [3.05, 3.63) is 34.8 Å². The summed E-state index contributed by atoms with van der Waals surface area (Å²) in [5.41, 5.74) is 1.05. The van der Waals surface area contributed by atoms with Gasteiger partial charge in [-0.1, -0.05) is 26.0 Å². The van der Waals surface area contributed by atoms with Crippen LogP contribution < -0.4 is 10.2 Å². The third-order valence-electron chi connectivity index (χ3n) is 5.10. The van der Waals surface area contributed by atoms with Crippen LogP contribution in [0.2, 0.25) is 0 Å². The highest BCUT2D eigenvalue weighted by molar-refractivity contribution is 7.16. The number of hydrogen-bond donors (Lipinski definition) is 2. The summed E-state index contributed by atoms with van der Waals surface area (Å²) in [6.45, 7) is 4.31. The standard InChI is InChI=1S/C21H23N5O4S/c1-11(2)8-15-17(20(29)30-3)22-21(31-15)23-19(28)12-9-16(27)26(10-12)18-13-6-4-5-7-14(13)24-25-18/h4-7,11-12H,8-10H2,1-3H3,(H,24,25)(H,22,23,28)/t12-/m0/s1. The molecule has 10 heteroatoms. The van der Waals surface area contributed by atoms with E-state index in [1.807, 2.05) is 38.1 Å². The van der Waals surface area contributed by atoms with Gasteiger partial charge in [0.1, 0.15) is 0 Å². The Labute approximate surface area is 182 Å². The molecule has 1 aliphatic rings. The Bertz CT molecular complexity index is 1150. The second-order valence-electron chi connectivity index (χ2n) is 7.87. The average Bonchev–Trinajstić information content (AvgIpc) is 3.43. The van der Waals surface area contributed by atoms with Gasteiger partial charge in [-0.3, -0.25) is 19.6 Å². The van der Waals surface area contributed by atoms with Crippen molar-refractivity contribution in [2.75, 3.05) is 23.9 Å². The van der Waals surface area contributed by atoms with Gasteiger partial charge in [0.05, 0.1) is 18.5 Å². The minimum atomic E-state index is -0.540. The number of fused-ring (bicyclic) bond motifs is 1. The number of carbonyl (C=O) groups excluding carboxylic acids is 3. The first-order valence-corrected chi connectivity index (χ1v) is 10.8. The number of benzene rings is 1. The molecule has 31 heavy (non-hydrogen) atoms. The largest absolute Gasteiger partial charge is 0.464 e. The molecule has 9 nitrogen and oxygen atoms in total. The highest BCUT2D eigenvalue weighted by Gasteiger charge is 2.37. The van der Waals surface area contributed by atoms with E-state index in [1.54, 1.807) is 0 Å². The number of methoxy groups -OCH3 is 1. The zero-order chi connectivity index (χ0) is 22.1. The highest BCUT2D eigenvalue weighted by atomic mass is 32.1. The number of aromatic nitrogens is 3. The normalized spacial score (nSPS) is 16.3. The fourth-order valence-corrected chi connectivity index (χ4v) is 4.78. The van der Waals surface area contributed by atoms with Crippen molar-refractivity contribution in [2.24, 2.45) is 11.8 Å². The van der Waals surface area contributed by atoms with E-state index in [0.29, 0.717) is 23.3 Å². The Morgan fingerprint density at radius 2 is 2.13 bits per heavy atom. The molecule has 1 aliphatic heterocycles. The van der Waals surface area contributed by atoms with Crippen LogP contribution in [-0.4, -0.2) is 46.6 Å². The molecule has 1 aromatic carbocycles. The van der Waals surface area contributed by atoms with Crippen LogP contribution in [0.4, 0.5) is 10.9 Å². The van der Waals surface area contributed by atoms with Gasteiger partial charge in [-0.25, -0.2) is 9.78 Å². The van der Waals surface area contributed by atoms with Crippen molar-refractivity contribution < 1.29 is 19.1 Å². The summed E-state index contributed by atoms with van der Waals surface area (Å²) in [6, 6.07) is 7.53. The average molecular weight is 442 g/mol. The van der Waals surface area contributed by atoms with Crippen LogP contribution in [-0.2, 0) is 20.7 Å². The van der Waals surface area contributed by atoms with Crippen LogP contribution in [0.5, 0.6) is 0 Å². The monoisotopic (exact) mass is 441 g/mol. The summed E-state index contributed by atoms with van der Waals surface area (Å²) in [5, 5.41) is 11.1. The number of hydrogen-bond acceptors (Lipinski definition) is 7. The predicted octanol–water partition coefficient (Wildman–Crippen LogP) is 3.00. The zero-order valence-corrected chi connectivity index (χ0v) is 18.3. The first-order chi connectivity index (χ1) is 14.9. The van der Waals surface area contributed by atoms with Gasteiger partial charge in [0, 0.05) is 23.2 Å². The topological polar surface area (TPSA) is 117 Å². The number of carbonyl (C=O) groups is 3. The third kappa shape index (κ3) is 4.15. The summed E-state index contributed by atoms with van der Waals surface area (Å²) in [4.78, 5) is 44.1. The molecule has 0 saturated carbocycles. The molecule has 3 aromatic rings. The number of aromatic amines is 1. The van der Waals surface area contributed by atoms with Gasteiger partial charge < -0.3 is 10.1 Å². The molecule has 2 N–H and O–H groups in total. The number of rotatable bonds is 6. The SMILES string of the molecule is COC(=O)c1nc(NC(=O)[C@H]2CC(=O)N(c3n[nH]c4ccccc34)C2)sc1CC(C)C. The fourth-order valence-electron chi connectivity index (χ4n) is 3.62. The maximum Gasteiger partial charge on any atom is 0.357 e. The lowest BCUT2D eigenvalue weighted by Gasteiger charge is -2.13. The second kappa shape index (κ2) is 8.46. The van der Waals surface area contributed by atoms with Crippen LogP contribution in [0.1, 0.15) is 35.6 Å². The predicted molar refractivity (Wildman–Crippen MR) is 117 cm³/mol. The molecule has 1 fully saturated rings. The van der Waals surface area contributed by atoms with E-state index in [-0.39, 0.29) is 30.5 Å². The molecule has 2 aromatic heterocycles. The number of amides is 2. The molecule has 0 radical (unpaired) electrons. The number of anilines is 2. The smallest absolute Gasteiger partial charge is 0.357 e. The maximum atomic E-state index is 12.9. The lowest BCUT2D eigenvalue weighted by molar-refractivity contribution is -0.122. The second-order valence-corrected chi connectivity index (χ2v) is 8.95. The molecule has 0 unspecified atom stereocenters. The van der Waals surface area contributed by atoms with Crippen molar-refractivity contribution in [3.8, 4) is 0 Å². The van der Waals surface area contributed by atoms with Crippen LogP contribution in [0.25, 0.3) is 10.9 Å². The Morgan fingerprint density at radius 3 is 2.87 bits per heavy atom. The molecule has 4 rings (SSSR count). The summed E-state index contributed by atoms with van der Waals surface area (Å²) < 4.78 is 4.81. The Hall–Kier alpha value is -3.27. The van der Waals surface area contributed by atoms with Crippen LogP contribution in [0.3, 0.4) is 0 Å². The number of H-pyrrole nitrogens is 1. The molecule has 3 heterocycles. The molecule has 2 amide bonds. The molecule has 0 spiro atoms. The summed E-state index contributed by atoms with van der Waals surface area (Å²) in [6.07, 6.45) is 0.737. The van der Waals surface area contributed by atoms with E-state index in [2.05, 4.69) is 20.5 Å². The number of esters is 1. The Balaban J connectivity index is 1.50. The highest BCUT2D eigenvalue weighted by Crippen LogP contribution is 2.31. The molecule has 162 valence electrons. The molecular formula is C21H23N5O4S.